The van der Waals surface area contributed by atoms with E-state index in [-0.39, 0.29) is 17.0 Å². The van der Waals surface area contributed by atoms with Crippen LogP contribution in [0.25, 0.3) is 9.40 Å². The molecule has 0 unspecified atom stereocenters. The highest BCUT2D eigenvalue weighted by Gasteiger charge is 2.24. The topological polar surface area (TPSA) is 3.88 Å². The third kappa shape index (κ3) is 2.27. The second-order valence-electron chi connectivity index (χ2n) is 4.02. The van der Waals surface area contributed by atoms with Crippen LogP contribution in [-0.4, -0.2) is 0 Å². The first-order chi connectivity index (χ1) is 6.93. The molecule has 2 heterocycles. The van der Waals surface area contributed by atoms with E-state index in [9.17, 15) is 0 Å². The lowest BCUT2D eigenvalue weighted by atomic mass is 9.96. The molecule has 1 aliphatic rings. The number of hydrogen-bond donors (Lipinski definition) is 0. The van der Waals surface area contributed by atoms with Crippen LogP contribution in [0, 0.1) is 0 Å². The Morgan fingerprint density at radius 2 is 1.93 bits per heavy atom. The molecule has 1 saturated carbocycles. The standard InChI is InChI=1S/C11H14NS2.BrH/c1-2-4-9(5-3-1)12-8-11-10(14-12)6-7-13-11;/h6-9H,1-5H2;1H/q+1;/p-1. The van der Waals surface area contributed by atoms with Crippen LogP contribution in [-0.2, 0) is 0 Å². The van der Waals surface area contributed by atoms with Gasteiger partial charge in [0.25, 0.3) is 0 Å². The largest absolute Gasteiger partial charge is 1.00 e. The highest BCUT2D eigenvalue weighted by Crippen LogP contribution is 2.28. The summed E-state index contributed by atoms with van der Waals surface area (Å²) in [7, 11) is 0. The van der Waals surface area contributed by atoms with E-state index in [0.717, 1.165) is 6.04 Å². The molecule has 82 valence electrons. The SMILES string of the molecule is [Br-].c1cc2s[n+](C3CCCCC3)cc2s1. The highest BCUT2D eigenvalue weighted by molar-refractivity contribution is 7.22. The van der Waals surface area contributed by atoms with Crippen molar-refractivity contribution in [2.24, 2.45) is 0 Å². The van der Waals surface area contributed by atoms with Gasteiger partial charge in [-0.3, -0.25) is 0 Å². The van der Waals surface area contributed by atoms with Gasteiger partial charge in [-0.15, -0.1) is 15.3 Å². The average molecular weight is 304 g/mol. The van der Waals surface area contributed by atoms with Crippen molar-refractivity contribution < 1.29 is 20.9 Å². The van der Waals surface area contributed by atoms with E-state index in [2.05, 4.69) is 21.6 Å². The first kappa shape index (κ1) is 11.6. The summed E-state index contributed by atoms with van der Waals surface area (Å²) in [4.78, 5) is 0. The van der Waals surface area contributed by atoms with Gasteiger partial charge in [0.05, 0.1) is 0 Å². The molecule has 0 aliphatic heterocycles. The summed E-state index contributed by atoms with van der Waals surface area (Å²) in [6.07, 6.45) is 9.40. The number of rotatable bonds is 1. The van der Waals surface area contributed by atoms with Crippen molar-refractivity contribution in [2.75, 3.05) is 0 Å². The Kier molecular flexibility index (Phi) is 3.80. The number of halogens is 1. The summed E-state index contributed by atoms with van der Waals surface area (Å²) < 4.78 is 5.40. The normalized spacial score (nSPS) is 17.9. The molecule has 0 saturated heterocycles. The van der Waals surface area contributed by atoms with E-state index in [4.69, 9.17) is 0 Å². The fourth-order valence-corrected chi connectivity index (χ4v) is 4.38. The summed E-state index contributed by atoms with van der Waals surface area (Å²) in [6.45, 7) is 0. The van der Waals surface area contributed by atoms with Gasteiger partial charge < -0.3 is 17.0 Å². The molecular weight excluding hydrogens is 290 g/mol. The second kappa shape index (κ2) is 4.93. The molecule has 0 amide bonds. The zero-order valence-electron chi connectivity index (χ0n) is 8.49. The van der Waals surface area contributed by atoms with E-state index in [1.807, 2.05) is 22.9 Å². The van der Waals surface area contributed by atoms with E-state index in [0.29, 0.717) is 0 Å². The van der Waals surface area contributed by atoms with Crippen LogP contribution in [0.2, 0.25) is 0 Å². The van der Waals surface area contributed by atoms with Crippen LogP contribution in [0.15, 0.2) is 17.6 Å². The van der Waals surface area contributed by atoms with Gasteiger partial charge in [0.2, 0.25) is 6.20 Å². The number of aromatic nitrogens is 1. The lowest BCUT2D eigenvalue weighted by molar-refractivity contribution is -0.660. The van der Waals surface area contributed by atoms with Gasteiger partial charge in [-0.1, -0.05) is 6.42 Å². The molecule has 0 bridgehead atoms. The number of fused-ring (bicyclic) bond motifs is 1. The van der Waals surface area contributed by atoms with E-state index < -0.39 is 0 Å². The number of thiophene rings is 1. The minimum Gasteiger partial charge on any atom is -1.00 e. The second-order valence-corrected chi connectivity index (χ2v) is 6.01. The Bertz CT molecular complexity index is 400. The number of nitrogens with zero attached hydrogens (tertiary/aromatic N) is 1. The van der Waals surface area contributed by atoms with Crippen LogP contribution in [0.1, 0.15) is 38.1 Å². The van der Waals surface area contributed by atoms with Crippen LogP contribution < -0.4 is 20.9 Å². The van der Waals surface area contributed by atoms with Crippen molar-refractivity contribution in [2.45, 2.75) is 38.1 Å². The molecule has 1 fully saturated rings. The van der Waals surface area contributed by atoms with Gasteiger partial charge in [-0.2, -0.15) is 0 Å². The molecule has 2 aromatic rings. The van der Waals surface area contributed by atoms with Gasteiger partial charge in [0, 0.05) is 12.8 Å². The lowest BCUT2D eigenvalue weighted by Gasteiger charge is -2.14. The van der Waals surface area contributed by atoms with Crippen molar-refractivity contribution in [1.82, 2.24) is 0 Å². The van der Waals surface area contributed by atoms with E-state index in [1.54, 1.807) is 0 Å². The van der Waals surface area contributed by atoms with Gasteiger partial charge in [0.1, 0.15) is 20.9 Å². The quantitative estimate of drug-likeness (QED) is 0.685. The molecular formula is C11H14BrNS2. The lowest BCUT2D eigenvalue weighted by Crippen LogP contribution is -3.00. The first-order valence-electron chi connectivity index (χ1n) is 5.32. The molecule has 1 nitrogen and oxygen atoms in total. The van der Waals surface area contributed by atoms with Crippen LogP contribution in [0.5, 0.6) is 0 Å². The molecule has 1 aliphatic carbocycles. The maximum atomic E-state index is 2.49. The van der Waals surface area contributed by atoms with Crippen molar-refractivity contribution in [1.29, 1.82) is 0 Å². The molecule has 4 heteroatoms. The molecule has 0 N–H and O–H groups in total. The van der Waals surface area contributed by atoms with Crippen molar-refractivity contribution in [3.05, 3.63) is 17.6 Å². The maximum Gasteiger partial charge on any atom is 0.202 e. The third-order valence-electron chi connectivity index (χ3n) is 3.04. The molecule has 3 rings (SSSR count). The Morgan fingerprint density at radius 1 is 1.13 bits per heavy atom. The van der Waals surface area contributed by atoms with Gasteiger partial charge in [-0.25, -0.2) is 0 Å². The third-order valence-corrected chi connectivity index (χ3v) is 5.19. The van der Waals surface area contributed by atoms with Crippen molar-refractivity contribution in [3.8, 4) is 0 Å². The molecule has 0 aromatic carbocycles. The Morgan fingerprint density at radius 3 is 2.67 bits per heavy atom. The molecule has 2 aromatic heterocycles. The summed E-state index contributed by atoms with van der Waals surface area (Å²) in [5, 5.41) is 2.19. The predicted octanol–water partition coefficient (Wildman–Crippen LogP) is 0.759. The molecule has 0 spiro atoms. The molecule has 0 atom stereocenters. The fraction of sp³-hybridized carbons (Fsp3) is 0.545. The maximum absolute atomic E-state index is 2.49. The Balaban J connectivity index is 0.000000853. The summed E-state index contributed by atoms with van der Waals surface area (Å²) >= 11 is 3.80. The van der Waals surface area contributed by atoms with Gasteiger partial charge in [-0.05, 0) is 24.3 Å². The zero-order chi connectivity index (χ0) is 9.38. The van der Waals surface area contributed by atoms with Gasteiger partial charge >= 0.3 is 0 Å². The smallest absolute Gasteiger partial charge is 0.202 e. The zero-order valence-corrected chi connectivity index (χ0v) is 11.7. The van der Waals surface area contributed by atoms with E-state index >= 15 is 0 Å². The van der Waals surface area contributed by atoms with Crippen LogP contribution >= 0.6 is 22.9 Å². The van der Waals surface area contributed by atoms with Gasteiger partial charge in [0.15, 0.2) is 6.04 Å². The molecule has 0 radical (unpaired) electrons. The number of hydrogen-bond acceptors (Lipinski definition) is 2. The van der Waals surface area contributed by atoms with Crippen LogP contribution in [0.4, 0.5) is 0 Å². The Labute approximate surface area is 109 Å². The summed E-state index contributed by atoms with van der Waals surface area (Å²) in [6, 6.07) is 3.04. The summed E-state index contributed by atoms with van der Waals surface area (Å²) in [5.41, 5.74) is 0. The highest BCUT2D eigenvalue weighted by atomic mass is 79.9. The first-order valence-corrected chi connectivity index (χ1v) is 6.97. The average Bonchev–Trinajstić information content (AvgIpc) is 2.78. The van der Waals surface area contributed by atoms with Crippen LogP contribution in [0.3, 0.4) is 0 Å². The minimum atomic E-state index is 0. The summed E-state index contributed by atoms with van der Waals surface area (Å²) in [5.74, 6) is 0. The Hall–Kier alpha value is 0.0700. The monoisotopic (exact) mass is 303 g/mol. The molecule has 15 heavy (non-hydrogen) atoms. The van der Waals surface area contributed by atoms with Crippen molar-refractivity contribution >= 4 is 32.3 Å². The fourth-order valence-electron chi connectivity index (χ4n) is 2.25. The predicted molar refractivity (Wildman–Crippen MR) is 62.0 cm³/mol. The van der Waals surface area contributed by atoms with Crippen molar-refractivity contribution in [3.63, 3.8) is 0 Å². The van der Waals surface area contributed by atoms with E-state index in [1.165, 1.54) is 41.5 Å². The minimum absolute atomic E-state index is 0.